The van der Waals surface area contributed by atoms with Crippen LogP contribution in [0, 0.1) is 0 Å². The second kappa shape index (κ2) is 5.50. The minimum Gasteiger partial charge on any atom is -0.479 e. The number of aliphatic carboxylic acids is 1. The zero-order chi connectivity index (χ0) is 14.8. The first-order valence-corrected chi connectivity index (χ1v) is 6.59. The summed E-state index contributed by atoms with van der Waals surface area (Å²) in [7, 11) is 0. The summed E-state index contributed by atoms with van der Waals surface area (Å²) in [5.41, 5.74) is -0.788. The maximum absolute atomic E-state index is 12.2. The van der Waals surface area contributed by atoms with Gasteiger partial charge in [-0.15, -0.1) is 0 Å². The van der Waals surface area contributed by atoms with Crippen LogP contribution in [-0.2, 0) is 10.3 Å². The van der Waals surface area contributed by atoms with Gasteiger partial charge in [-0.3, -0.25) is 4.79 Å². The lowest BCUT2D eigenvalue weighted by atomic mass is 9.92. The molecule has 1 atom stereocenters. The molecule has 5 nitrogen and oxygen atoms in total. The van der Waals surface area contributed by atoms with Crippen LogP contribution in [0.3, 0.4) is 0 Å². The summed E-state index contributed by atoms with van der Waals surface area (Å²) in [4.78, 5) is 23.7. The molecule has 1 aromatic carbocycles. The molecule has 0 aliphatic rings. The zero-order valence-electron chi connectivity index (χ0n) is 10.6. The maximum atomic E-state index is 12.2. The molecule has 1 aromatic heterocycles. The molecule has 0 saturated carbocycles. The average molecular weight is 338 g/mol. The molecule has 1 amide bonds. The van der Waals surface area contributed by atoms with Crippen LogP contribution in [0.1, 0.15) is 22.8 Å². The van der Waals surface area contributed by atoms with Crippen molar-refractivity contribution in [3.05, 3.63) is 58.5 Å². The van der Waals surface area contributed by atoms with E-state index in [0.29, 0.717) is 5.56 Å². The van der Waals surface area contributed by atoms with Crippen LogP contribution in [0.5, 0.6) is 0 Å². The second-order valence-corrected chi connectivity index (χ2v) is 5.08. The van der Waals surface area contributed by atoms with Crippen LogP contribution in [0.4, 0.5) is 0 Å². The third-order valence-electron chi connectivity index (χ3n) is 3.01. The zero-order valence-corrected chi connectivity index (χ0v) is 12.2. The molecule has 1 heterocycles. The maximum Gasteiger partial charge on any atom is 0.333 e. The Balaban J connectivity index is 2.34. The Labute approximate surface area is 123 Å². The van der Waals surface area contributed by atoms with Gasteiger partial charge in [0.1, 0.15) is 0 Å². The molecule has 20 heavy (non-hydrogen) atoms. The van der Waals surface area contributed by atoms with Crippen molar-refractivity contribution in [2.24, 2.45) is 0 Å². The summed E-state index contributed by atoms with van der Waals surface area (Å²) in [6, 6.07) is 9.98. The lowest BCUT2D eigenvalue weighted by Crippen LogP contribution is -2.49. The number of carbonyl (C=O) groups excluding carboxylic acids is 1. The Morgan fingerprint density at radius 1 is 1.25 bits per heavy atom. The number of furan rings is 1. The van der Waals surface area contributed by atoms with Crippen LogP contribution < -0.4 is 5.32 Å². The van der Waals surface area contributed by atoms with Crippen molar-refractivity contribution in [1.82, 2.24) is 5.32 Å². The Morgan fingerprint density at radius 3 is 2.40 bits per heavy atom. The molecule has 0 saturated heterocycles. The molecular formula is C14H12BrNO4. The van der Waals surface area contributed by atoms with E-state index in [4.69, 9.17) is 4.42 Å². The van der Waals surface area contributed by atoms with Gasteiger partial charge in [-0.1, -0.05) is 30.3 Å². The molecule has 0 aliphatic heterocycles. The van der Waals surface area contributed by atoms with Gasteiger partial charge >= 0.3 is 5.97 Å². The van der Waals surface area contributed by atoms with Crippen LogP contribution in [-0.4, -0.2) is 17.0 Å². The molecule has 2 rings (SSSR count). The van der Waals surface area contributed by atoms with Gasteiger partial charge in [0.25, 0.3) is 5.91 Å². The van der Waals surface area contributed by atoms with Gasteiger partial charge in [-0.2, -0.15) is 0 Å². The quantitative estimate of drug-likeness (QED) is 0.898. The molecule has 104 valence electrons. The molecular weight excluding hydrogens is 326 g/mol. The SMILES string of the molecule is CC(NC(=O)c1ccoc1Br)(C(=O)O)c1ccccc1. The standard InChI is InChI=1S/C14H12BrNO4/c1-14(13(18)19,9-5-3-2-4-6-9)16-12(17)10-7-8-20-11(10)15/h2-8H,1H3,(H,16,17)(H,18,19). The number of carbonyl (C=O) groups is 2. The van der Waals surface area contributed by atoms with Gasteiger partial charge in [0.15, 0.2) is 10.2 Å². The number of benzene rings is 1. The van der Waals surface area contributed by atoms with E-state index in [1.807, 2.05) is 0 Å². The van der Waals surface area contributed by atoms with Crippen molar-refractivity contribution in [1.29, 1.82) is 0 Å². The van der Waals surface area contributed by atoms with Gasteiger partial charge in [0, 0.05) is 0 Å². The molecule has 2 aromatic rings. The number of halogens is 1. The summed E-state index contributed by atoms with van der Waals surface area (Å²) in [6.07, 6.45) is 1.35. The van der Waals surface area contributed by atoms with E-state index < -0.39 is 17.4 Å². The highest BCUT2D eigenvalue weighted by Gasteiger charge is 2.37. The predicted octanol–water partition coefficient (Wildman–Crippen LogP) is 2.77. The smallest absolute Gasteiger partial charge is 0.333 e. The number of hydrogen-bond donors (Lipinski definition) is 2. The van der Waals surface area contributed by atoms with Crippen LogP contribution in [0.2, 0.25) is 0 Å². The number of nitrogens with one attached hydrogen (secondary N) is 1. The van der Waals surface area contributed by atoms with Gasteiger partial charge in [0.05, 0.1) is 11.8 Å². The van der Waals surface area contributed by atoms with E-state index in [0.717, 1.165) is 0 Å². The highest BCUT2D eigenvalue weighted by molar-refractivity contribution is 9.10. The van der Waals surface area contributed by atoms with Crippen LogP contribution >= 0.6 is 15.9 Å². The highest BCUT2D eigenvalue weighted by atomic mass is 79.9. The lowest BCUT2D eigenvalue weighted by Gasteiger charge is -2.26. The minimum absolute atomic E-state index is 0.244. The molecule has 0 spiro atoms. The molecule has 2 N–H and O–H groups in total. The van der Waals surface area contributed by atoms with Crippen molar-refractivity contribution in [2.45, 2.75) is 12.5 Å². The van der Waals surface area contributed by atoms with Crippen molar-refractivity contribution >= 4 is 27.8 Å². The van der Waals surface area contributed by atoms with Gasteiger partial charge in [-0.25, -0.2) is 4.79 Å². The predicted molar refractivity (Wildman–Crippen MR) is 75.3 cm³/mol. The fraction of sp³-hybridized carbons (Fsp3) is 0.143. The average Bonchev–Trinajstić information content (AvgIpc) is 2.85. The van der Waals surface area contributed by atoms with Gasteiger partial charge in [0.2, 0.25) is 0 Å². The third kappa shape index (κ3) is 2.60. The van der Waals surface area contributed by atoms with E-state index in [9.17, 15) is 14.7 Å². The number of carboxylic acid groups (broad SMARTS) is 1. The summed E-state index contributed by atoms with van der Waals surface area (Å²) in [5, 5.41) is 12.0. The summed E-state index contributed by atoms with van der Waals surface area (Å²) < 4.78 is 5.23. The molecule has 0 radical (unpaired) electrons. The molecule has 1 unspecified atom stereocenters. The fourth-order valence-corrected chi connectivity index (χ4v) is 2.19. The number of rotatable bonds is 4. The van der Waals surface area contributed by atoms with Crippen LogP contribution in [0.15, 0.2) is 51.7 Å². The van der Waals surface area contributed by atoms with E-state index in [1.54, 1.807) is 30.3 Å². The lowest BCUT2D eigenvalue weighted by molar-refractivity contribution is -0.144. The molecule has 0 aliphatic carbocycles. The topological polar surface area (TPSA) is 79.5 Å². The number of carboxylic acids is 1. The second-order valence-electron chi connectivity index (χ2n) is 4.36. The Bertz CT molecular complexity index is 638. The fourth-order valence-electron chi connectivity index (χ4n) is 1.77. The third-order valence-corrected chi connectivity index (χ3v) is 3.62. The van der Waals surface area contributed by atoms with Gasteiger partial charge in [-0.05, 0) is 34.5 Å². The number of amides is 1. The van der Waals surface area contributed by atoms with Crippen molar-refractivity contribution < 1.29 is 19.1 Å². The normalized spacial score (nSPS) is 13.5. The first-order valence-electron chi connectivity index (χ1n) is 5.79. The van der Waals surface area contributed by atoms with Crippen molar-refractivity contribution in [3.63, 3.8) is 0 Å². The van der Waals surface area contributed by atoms with Gasteiger partial charge < -0.3 is 14.8 Å². The van der Waals surface area contributed by atoms with Crippen LogP contribution in [0.25, 0.3) is 0 Å². The van der Waals surface area contributed by atoms with E-state index >= 15 is 0 Å². The molecule has 6 heteroatoms. The summed E-state index contributed by atoms with van der Waals surface area (Å²) >= 11 is 3.09. The largest absolute Gasteiger partial charge is 0.479 e. The summed E-state index contributed by atoms with van der Waals surface area (Å²) in [6.45, 7) is 1.44. The van der Waals surface area contributed by atoms with E-state index in [1.165, 1.54) is 19.3 Å². The Morgan fingerprint density at radius 2 is 1.90 bits per heavy atom. The van der Waals surface area contributed by atoms with Crippen molar-refractivity contribution in [2.75, 3.05) is 0 Å². The monoisotopic (exact) mass is 337 g/mol. The first-order chi connectivity index (χ1) is 9.45. The molecule has 0 bridgehead atoms. The van der Waals surface area contributed by atoms with E-state index in [-0.39, 0.29) is 10.2 Å². The minimum atomic E-state index is -1.52. The first kappa shape index (κ1) is 14.3. The van der Waals surface area contributed by atoms with Crippen molar-refractivity contribution in [3.8, 4) is 0 Å². The van der Waals surface area contributed by atoms with E-state index in [2.05, 4.69) is 21.2 Å². The molecule has 0 fully saturated rings. The Kier molecular flexibility index (Phi) is 3.94. The highest BCUT2D eigenvalue weighted by Crippen LogP contribution is 2.23. The Hall–Kier alpha value is -2.08. The number of hydrogen-bond acceptors (Lipinski definition) is 3. The summed E-state index contributed by atoms with van der Waals surface area (Å²) in [5.74, 6) is -1.67.